The molecule has 2 heterocycles. The van der Waals surface area contributed by atoms with Gasteiger partial charge in [0.25, 0.3) is 5.91 Å². The fourth-order valence-electron chi connectivity index (χ4n) is 4.28. The Morgan fingerprint density at radius 3 is 2.71 bits per heavy atom. The summed E-state index contributed by atoms with van der Waals surface area (Å²) in [5, 5.41) is 2.91. The van der Waals surface area contributed by atoms with Crippen molar-refractivity contribution in [1.82, 2.24) is 14.9 Å². The van der Waals surface area contributed by atoms with Crippen LogP contribution in [-0.2, 0) is 31.1 Å². The van der Waals surface area contributed by atoms with Crippen molar-refractivity contribution in [3.8, 4) is 10.7 Å². The van der Waals surface area contributed by atoms with Crippen LogP contribution in [0.3, 0.4) is 0 Å². The largest absolute Gasteiger partial charge is 0.455 e. The number of hydrogen-bond donors (Lipinski definition) is 0. The van der Waals surface area contributed by atoms with E-state index in [-0.39, 0.29) is 12.2 Å². The maximum absolute atomic E-state index is 13.1. The normalized spacial score (nSPS) is 17.9. The molecule has 0 aliphatic heterocycles. The number of thiazole rings is 1. The Hall–Kier alpha value is -3.10. The van der Waals surface area contributed by atoms with Gasteiger partial charge in [-0.05, 0) is 37.5 Å². The molecule has 7 nitrogen and oxygen atoms in total. The molecule has 1 saturated carbocycles. The topological polar surface area (TPSA) is 89.5 Å². The molecule has 4 rings (SSSR count). The molecule has 3 aromatic rings. The number of amides is 1. The third-order valence-corrected chi connectivity index (χ3v) is 7.28. The van der Waals surface area contributed by atoms with E-state index in [1.807, 2.05) is 18.2 Å². The molecule has 1 unspecified atom stereocenters. The second kappa shape index (κ2) is 10.4. The van der Waals surface area contributed by atoms with Crippen LogP contribution in [-0.4, -0.2) is 46.2 Å². The van der Waals surface area contributed by atoms with Gasteiger partial charge in [-0.25, -0.2) is 4.98 Å². The van der Waals surface area contributed by atoms with Gasteiger partial charge < -0.3 is 9.64 Å². The quantitative estimate of drug-likeness (QED) is 0.448. The third-order valence-electron chi connectivity index (χ3n) is 6.04. The van der Waals surface area contributed by atoms with Gasteiger partial charge in [0, 0.05) is 35.6 Å². The maximum Gasteiger partial charge on any atom is 0.312 e. The molecule has 1 amide bonds. The lowest BCUT2D eigenvalue weighted by Crippen LogP contribution is -2.55. The molecule has 0 saturated heterocycles. The number of aromatic nitrogens is 2. The van der Waals surface area contributed by atoms with Gasteiger partial charge in [-0.2, -0.15) is 0 Å². The van der Waals surface area contributed by atoms with Crippen molar-refractivity contribution in [3.63, 3.8) is 0 Å². The summed E-state index contributed by atoms with van der Waals surface area (Å²) < 4.78 is 5.26. The number of rotatable bonds is 7. The van der Waals surface area contributed by atoms with E-state index in [4.69, 9.17) is 16.3 Å². The minimum atomic E-state index is -1.16. The van der Waals surface area contributed by atoms with Crippen molar-refractivity contribution in [2.75, 3.05) is 13.7 Å². The predicted octanol–water partition coefficient (Wildman–Crippen LogP) is 4.44. The number of ether oxygens (including phenoxy) is 1. The van der Waals surface area contributed by atoms with Crippen molar-refractivity contribution < 1.29 is 19.1 Å². The molecule has 1 aromatic carbocycles. The van der Waals surface area contributed by atoms with Gasteiger partial charge in [0.15, 0.2) is 12.4 Å². The zero-order valence-electron chi connectivity index (χ0n) is 18.7. The van der Waals surface area contributed by atoms with E-state index < -0.39 is 24.0 Å². The molecule has 34 heavy (non-hydrogen) atoms. The summed E-state index contributed by atoms with van der Waals surface area (Å²) in [6.07, 6.45) is 4.02. The number of pyridine rings is 1. The lowest BCUT2D eigenvalue weighted by Gasteiger charge is -2.43. The van der Waals surface area contributed by atoms with Crippen molar-refractivity contribution in [2.24, 2.45) is 0 Å². The van der Waals surface area contributed by atoms with E-state index in [9.17, 15) is 14.4 Å². The molecule has 0 radical (unpaired) electrons. The first-order valence-corrected chi connectivity index (χ1v) is 12.2. The van der Waals surface area contributed by atoms with Crippen molar-refractivity contribution in [3.05, 3.63) is 70.3 Å². The zero-order chi connectivity index (χ0) is 24.1. The van der Waals surface area contributed by atoms with E-state index in [0.717, 1.165) is 18.5 Å². The molecule has 1 atom stereocenters. The molecule has 1 aliphatic rings. The van der Waals surface area contributed by atoms with Crippen LogP contribution in [0.5, 0.6) is 0 Å². The number of ketones is 1. The Labute approximate surface area is 206 Å². The van der Waals surface area contributed by atoms with Crippen molar-refractivity contribution in [2.45, 2.75) is 37.6 Å². The second-order valence-electron chi connectivity index (χ2n) is 8.12. The molecule has 2 aromatic heterocycles. The number of nitrogens with zero attached hydrogens (tertiary/aromatic N) is 3. The molecular weight excluding hydrogens is 474 g/mol. The Balaban J connectivity index is 1.42. The first-order chi connectivity index (χ1) is 16.4. The van der Waals surface area contributed by atoms with Crippen molar-refractivity contribution in [1.29, 1.82) is 0 Å². The highest BCUT2D eigenvalue weighted by atomic mass is 35.5. The Bertz CT molecular complexity index is 1200. The van der Waals surface area contributed by atoms with Gasteiger partial charge in [-0.3, -0.25) is 19.4 Å². The number of halogens is 1. The van der Waals surface area contributed by atoms with Crippen LogP contribution in [0.1, 0.15) is 36.9 Å². The van der Waals surface area contributed by atoms with Crippen LogP contribution >= 0.6 is 22.9 Å². The monoisotopic (exact) mass is 497 g/mol. The van der Waals surface area contributed by atoms with Crippen LogP contribution in [0, 0.1) is 0 Å². The van der Waals surface area contributed by atoms with E-state index in [1.165, 1.54) is 16.2 Å². The Kier molecular flexibility index (Phi) is 7.38. The second-order valence-corrected chi connectivity index (χ2v) is 9.38. The number of carbonyl (C=O) groups excluding carboxylic acids is 3. The summed E-state index contributed by atoms with van der Waals surface area (Å²) in [4.78, 5) is 48.7. The van der Waals surface area contributed by atoms with Gasteiger partial charge in [0.2, 0.25) is 0 Å². The summed E-state index contributed by atoms with van der Waals surface area (Å²) in [6, 6.07) is 12.6. The van der Waals surface area contributed by atoms with Gasteiger partial charge in [-0.15, -0.1) is 11.3 Å². The van der Waals surface area contributed by atoms with Crippen LogP contribution in [0.25, 0.3) is 10.7 Å². The van der Waals surface area contributed by atoms with Crippen LogP contribution in [0.2, 0.25) is 5.02 Å². The van der Waals surface area contributed by atoms with E-state index in [1.54, 1.807) is 42.9 Å². The number of carbonyl (C=O) groups is 3. The molecule has 0 bridgehead atoms. The summed E-state index contributed by atoms with van der Waals surface area (Å²) in [5.74, 6) is -1.09. The maximum atomic E-state index is 13.1. The summed E-state index contributed by atoms with van der Waals surface area (Å²) >= 11 is 7.82. The average Bonchev–Trinajstić information content (AvgIpc) is 3.32. The Morgan fingerprint density at radius 2 is 1.97 bits per heavy atom. The van der Waals surface area contributed by atoms with Crippen LogP contribution in [0.4, 0.5) is 0 Å². The minimum Gasteiger partial charge on any atom is -0.455 e. The first kappa shape index (κ1) is 24.0. The van der Waals surface area contributed by atoms with Gasteiger partial charge in [0.05, 0.1) is 17.8 Å². The fourth-order valence-corrected chi connectivity index (χ4v) is 5.36. The number of esters is 1. The smallest absolute Gasteiger partial charge is 0.312 e. The molecular formula is C25H24ClN3O4S. The molecule has 176 valence electrons. The SMILES string of the molecule is CN(C(=O)COC(=O)Cc1csc(-c2ccccn2)n1)C1(c2ccccc2Cl)CCCCC1=O. The van der Waals surface area contributed by atoms with Crippen molar-refractivity contribution >= 4 is 40.6 Å². The molecule has 1 fully saturated rings. The number of hydrogen-bond acceptors (Lipinski definition) is 7. The Morgan fingerprint density at radius 1 is 1.18 bits per heavy atom. The fraction of sp³-hybridized carbons (Fsp3) is 0.320. The van der Waals surface area contributed by atoms with Crippen LogP contribution < -0.4 is 0 Å². The van der Waals surface area contributed by atoms with Crippen LogP contribution in [0.15, 0.2) is 54.0 Å². The van der Waals surface area contributed by atoms with E-state index in [0.29, 0.717) is 34.1 Å². The highest BCUT2D eigenvalue weighted by Crippen LogP contribution is 2.42. The summed E-state index contributed by atoms with van der Waals surface area (Å²) in [5.41, 5.74) is 0.720. The van der Waals surface area contributed by atoms with Gasteiger partial charge in [-0.1, -0.05) is 35.9 Å². The highest BCUT2D eigenvalue weighted by molar-refractivity contribution is 7.13. The number of benzene rings is 1. The summed E-state index contributed by atoms with van der Waals surface area (Å²) in [6.45, 7) is -0.466. The number of Topliss-reactive ketones (excluding diaryl/α,β-unsaturated/α-hetero) is 1. The molecule has 0 N–H and O–H groups in total. The number of likely N-dealkylation sites (N-methyl/N-ethyl adjacent to an activating group) is 1. The standard InChI is InChI=1S/C25H24ClN3O4S/c1-29(25(12-6-4-11-21(25)30)18-8-2-3-9-19(18)26)22(31)15-33-23(32)14-17-16-34-24(28-17)20-10-5-7-13-27-20/h2-3,5,7-10,13,16H,4,6,11-12,14-15H2,1H3. The van der Waals surface area contributed by atoms with E-state index in [2.05, 4.69) is 9.97 Å². The highest BCUT2D eigenvalue weighted by Gasteiger charge is 2.48. The average molecular weight is 498 g/mol. The van der Waals surface area contributed by atoms with E-state index >= 15 is 0 Å². The third kappa shape index (κ3) is 4.88. The predicted molar refractivity (Wildman–Crippen MR) is 129 cm³/mol. The summed E-state index contributed by atoms with van der Waals surface area (Å²) in [7, 11) is 1.57. The molecule has 1 aliphatic carbocycles. The molecule has 9 heteroatoms. The lowest BCUT2D eigenvalue weighted by atomic mass is 9.74. The first-order valence-electron chi connectivity index (χ1n) is 11.0. The molecule has 0 spiro atoms. The lowest BCUT2D eigenvalue weighted by molar-refractivity contribution is -0.157. The van der Waals surface area contributed by atoms with Gasteiger partial charge >= 0.3 is 5.97 Å². The minimum absolute atomic E-state index is 0.0569. The van der Waals surface area contributed by atoms with Gasteiger partial charge in [0.1, 0.15) is 10.5 Å². The zero-order valence-corrected chi connectivity index (χ0v) is 20.3.